The highest BCUT2D eigenvalue weighted by molar-refractivity contribution is 9.10. The van der Waals surface area contributed by atoms with Crippen molar-refractivity contribution in [2.24, 2.45) is 0 Å². The summed E-state index contributed by atoms with van der Waals surface area (Å²) in [6.45, 7) is 7.09. The van der Waals surface area contributed by atoms with Crippen LogP contribution in [0.15, 0.2) is 33.2 Å². The van der Waals surface area contributed by atoms with E-state index in [0.717, 1.165) is 29.9 Å². The Morgan fingerprint density at radius 1 is 1.35 bits per heavy atom. The molecule has 1 aromatic heterocycles. The molecule has 2 rings (SSSR count). The fourth-order valence-corrected chi connectivity index (χ4v) is 2.72. The predicted molar refractivity (Wildman–Crippen MR) is 83.4 cm³/mol. The first kappa shape index (κ1) is 15.3. The van der Waals surface area contributed by atoms with Gasteiger partial charge in [-0.25, -0.2) is 4.39 Å². The Bertz CT molecular complexity index is 594. The molecular formula is C16H19BrFNO. The number of rotatable bonds is 5. The Morgan fingerprint density at radius 3 is 2.80 bits per heavy atom. The van der Waals surface area contributed by atoms with Crippen LogP contribution in [0, 0.1) is 12.7 Å². The van der Waals surface area contributed by atoms with Gasteiger partial charge >= 0.3 is 0 Å². The van der Waals surface area contributed by atoms with Gasteiger partial charge in [-0.1, -0.05) is 6.92 Å². The van der Waals surface area contributed by atoms with E-state index in [9.17, 15) is 4.39 Å². The molecule has 2 aromatic rings. The maximum absolute atomic E-state index is 13.7. The third kappa shape index (κ3) is 3.49. The number of hydrogen-bond donors (Lipinski definition) is 1. The zero-order valence-corrected chi connectivity index (χ0v) is 13.6. The van der Waals surface area contributed by atoms with E-state index in [1.165, 1.54) is 6.07 Å². The van der Waals surface area contributed by atoms with Crippen LogP contribution in [0.2, 0.25) is 0 Å². The van der Waals surface area contributed by atoms with E-state index >= 15 is 0 Å². The monoisotopic (exact) mass is 339 g/mol. The van der Waals surface area contributed by atoms with Crippen molar-refractivity contribution in [2.75, 3.05) is 6.54 Å². The van der Waals surface area contributed by atoms with Crippen LogP contribution in [-0.4, -0.2) is 12.6 Å². The topological polar surface area (TPSA) is 25.2 Å². The number of aryl methyl sites for hydroxylation is 1. The van der Waals surface area contributed by atoms with Gasteiger partial charge in [0, 0.05) is 18.0 Å². The number of halogens is 2. The highest BCUT2D eigenvalue weighted by atomic mass is 79.9. The minimum atomic E-state index is -0.274. The average molecular weight is 340 g/mol. The smallest absolute Gasteiger partial charge is 0.138 e. The second kappa shape index (κ2) is 6.55. The van der Waals surface area contributed by atoms with E-state index in [1.54, 1.807) is 6.07 Å². The van der Waals surface area contributed by atoms with E-state index in [4.69, 9.17) is 4.42 Å². The van der Waals surface area contributed by atoms with Gasteiger partial charge in [-0.3, -0.25) is 0 Å². The number of likely N-dealkylation sites (N-methyl/N-ethyl adjacent to an activating group) is 1. The lowest BCUT2D eigenvalue weighted by atomic mass is 10.1. The number of benzene rings is 1. The lowest BCUT2D eigenvalue weighted by Gasteiger charge is -2.10. The molecule has 0 aliphatic rings. The normalized spacial score (nSPS) is 12.7. The summed E-state index contributed by atoms with van der Waals surface area (Å²) in [6, 6.07) is 7.51. The molecule has 108 valence electrons. The summed E-state index contributed by atoms with van der Waals surface area (Å²) >= 11 is 3.19. The molecule has 0 bridgehead atoms. The quantitative estimate of drug-likeness (QED) is 0.854. The van der Waals surface area contributed by atoms with Crippen LogP contribution in [0.3, 0.4) is 0 Å². The van der Waals surface area contributed by atoms with E-state index < -0.39 is 0 Å². The summed E-state index contributed by atoms with van der Waals surface area (Å²) in [6.07, 6.45) is 0.825. The fraction of sp³-hybridized carbons (Fsp3) is 0.375. The Labute approximate surface area is 127 Å². The molecule has 20 heavy (non-hydrogen) atoms. The lowest BCUT2D eigenvalue weighted by Crippen LogP contribution is -2.27. The average Bonchev–Trinajstić information content (AvgIpc) is 2.82. The summed E-state index contributed by atoms with van der Waals surface area (Å²) in [5.74, 6) is 1.35. The van der Waals surface area contributed by atoms with Gasteiger partial charge in [-0.15, -0.1) is 0 Å². The molecular weight excluding hydrogens is 321 g/mol. The summed E-state index contributed by atoms with van der Waals surface area (Å²) in [4.78, 5) is 0. The molecule has 0 spiro atoms. The summed E-state index contributed by atoms with van der Waals surface area (Å²) in [5, 5.41) is 3.34. The molecule has 2 nitrogen and oxygen atoms in total. The molecule has 0 fully saturated rings. The molecule has 0 saturated carbocycles. The van der Waals surface area contributed by atoms with Crippen molar-refractivity contribution in [3.63, 3.8) is 0 Å². The molecule has 1 aromatic carbocycles. The Balaban J connectivity index is 2.22. The molecule has 1 heterocycles. The largest absolute Gasteiger partial charge is 0.461 e. The van der Waals surface area contributed by atoms with Gasteiger partial charge in [0.15, 0.2) is 0 Å². The zero-order chi connectivity index (χ0) is 14.7. The van der Waals surface area contributed by atoms with E-state index in [2.05, 4.69) is 35.1 Å². The number of furan rings is 1. The molecule has 0 saturated heterocycles. The van der Waals surface area contributed by atoms with Gasteiger partial charge < -0.3 is 9.73 Å². The van der Waals surface area contributed by atoms with Gasteiger partial charge in [-0.05, 0) is 66.2 Å². The van der Waals surface area contributed by atoms with E-state index in [-0.39, 0.29) is 5.82 Å². The third-order valence-corrected chi connectivity index (χ3v) is 3.86. The molecule has 1 unspecified atom stereocenters. The SMILES string of the molecule is CCNC(C)Cc1ccc(-c2cc(F)c(Br)cc2C)o1. The predicted octanol–water partition coefficient (Wildman–Crippen LogP) is 4.70. The number of hydrogen-bond acceptors (Lipinski definition) is 2. The second-order valence-corrected chi connectivity index (χ2v) is 5.86. The van der Waals surface area contributed by atoms with Crippen LogP contribution in [0.5, 0.6) is 0 Å². The highest BCUT2D eigenvalue weighted by Gasteiger charge is 2.12. The third-order valence-electron chi connectivity index (χ3n) is 3.25. The fourth-order valence-electron chi connectivity index (χ4n) is 2.27. The summed E-state index contributed by atoms with van der Waals surface area (Å²) in [5.41, 5.74) is 1.78. The second-order valence-electron chi connectivity index (χ2n) is 5.01. The maximum Gasteiger partial charge on any atom is 0.138 e. The van der Waals surface area contributed by atoms with Crippen molar-refractivity contribution in [1.82, 2.24) is 5.32 Å². The van der Waals surface area contributed by atoms with Crippen molar-refractivity contribution in [2.45, 2.75) is 33.2 Å². The Morgan fingerprint density at radius 2 is 2.10 bits per heavy atom. The lowest BCUT2D eigenvalue weighted by molar-refractivity contribution is 0.470. The van der Waals surface area contributed by atoms with Crippen molar-refractivity contribution >= 4 is 15.9 Å². The van der Waals surface area contributed by atoms with Crippen molar-refractivity contribution in [1.29, 1.82) is 0 Å². The van der Waals surface area contributed by atoms with Crippen molar-refractivity contribution in [3.8, 4) is 11.3 Å². The molecule has 0 radical (unpaired) electrons. The molecule has 0 aliphatic heterocycles. The van der Waals surface area contributed by atoms with Crippen LogP contribution >= 0.6 is 15.9 Å². The Hall–Kier alpha value is -1.13. The van der Waals surface area contributed by atoms with E-state index in [0.29, 0.717) is 16.3 Å². The molecule has 1 atom stereocenters. The van der Waals surface area contributed by atoms with Gasteiger partial charge in [0.2, 0.25) is 0 Å². The van der Waals surface area contributed by atoms with Crippen LogP contribution in [0.25, 0.3) is 11.3 Å². The van der Waals surface area contributed by atoms with Crippen LogP contribution in [0.1, 0.15) is 25.2 Å². The first-order chi connectivity index (χ1) is 9.51. The first-order valence-electron chi connectivity index (χ1n) is 6.79. The zero-order valence-electron chi connectivity index (χ0n) is 12.0. The van der Waals surface area contributed by atoms with Gasteiger partial charge in [0.1, 0.15) is 17.3 Å². The molecule has 0 aliphatic carbocycles. The minimum absolute atomic E-state index is 0.274. The van der Waals surface area contributed by atoms with Gasteiger partial charge in [0.25, 0.3) is 0 Å². The minimum Gasteiger partial charge on any atom is -0.461 e. The van der Waals surface area contributed by atoms with E-state index in [1.807, 2.05) is 19.1 Å². The highest BCUT2D eigenvalue weighted by Crippen LogP contribution is 2.30. The maximum atomic E-state index is 13.7. The number of nitrogens with one attached hydrogen (secondary N) is 1. The molecule has 4 heteroatoms. The van der Waals surface area contributed by atoms with Crippen LogP contribution < -0.4 is 5.32 Å². The Kier molecular flexibility index (Phi) is 5.00. The summed E-state index contributed by atoms with van der Waals surface area (Å²) < 4.78 is 20.0. The summed E-state index contributed by atoms with van der Waals surface area (Å²) in [7, 11) is 0. The van der Waals surface area contributed by atoms with Gasteiger partial charge in [-0.2, -0.15) is 0 Å². The van der Waals surface area contributed by atoms with Crippen molar-refractivity contribution in [3.05, 3.63) is 45.9 Å². The molecule has 0 amide bonds. The van der Waals surface area contributed by atoms with Crippen LogP contribution in [-0.2, 0) is 6.42 Å². The molecule has 1 N–H and O–H groups in total. The first-order valence-corrected chi connectivity index (χ1v) is 7.58. The van der Waals surface area contributed by atoms with Crippen molar-refractivity contribution < 1.29 is 8.81 Å². The van der Waals surface area contributed by atoms with Gasteiger partial charge in [0.05, 0.1) is 4.47 Å². The standard InChI is InChI=1S/C16H19BrFNO/c1-4-19-11(3)8-12-5-6-16(20-12)13-9-15(18)14(17)7-10(13)2/h5-7,9,11,19H,4,8H2,1-3H3. The van der Waals surface area contributed by atoms with Crippen LogP contribution in [0.4, 0.5) is 4.39 Å².